The molecule has 1 aliphatic carbocycles. The monoisotopic (exact) mass is 582 g/mol. The minimum Gasteiger partial charge on any atom is -0.321 e. The number of carbonyl (C=O) groups is 1. The van der Waals surface area contributed by atoms with E-state index in [9.17, 15) is 22.8 Å². The van der Waals surface area contributed by atoms with Crippen LogP contribution in [0.4, 0.5) is 18.0 Å². The molecule has 8 nitrogen and oxygen atoms in total. The lowest BCUT2D eigenvalue weighted by Gasteiger charge is -2.51. The lowest BCUT2D eigenvalue weighted by atomic mass is 9.90. The first kappa shape index (κ1) is 28.7. The highest BCUT2D eigenvalue weighted by atomic mass is 19.1. The molecule has 1 spiro atoms. The Balaban J connectivity index is 1.27. The van der Waals surface area contributed by atoms with Crippen molar-refractivity contribution in [3.05, 3.63) is 81.2 Å². The van der Waals surface area contributed by atoms with Gasteiger partial charge in [0.25, 0.3) is 5.56 Å². The van der Waals surface area contributed by atoms with Crippen molar-refractivity contribution in [1.29, 1.82) is 0 Å². The van der Waals surface area contributed by atoms with Gasteiger partial charge in [-0.05, 0) is 70.0 Å². The Kier molecular flexibility index (Phi) is 7.74. The molecule has 4 heterocycles. The minimum absolute atomic E-state index is 0.0890. The van der Waals surface area contributed by atoms with Crippen molar-refractivity contribution in [2.75, 3.05) is 33.2 Å². The Morgan fingerprint density at radius 1 is 1.07 bits per heavy atom. The summed E-state index contributed by atoms with van der Waals surface area (Å²) in [5.74, 6) is -1.55. The maximum atomic E-state index is 14.9. The smallest absolute Gasteiger partial charge is 0.320 e. The summed E-state index contributed by atoms with van der Waals surface area (Å²) in [4.78, 5) is 38.0. The molecule has 6 rings (SSSR count). The van der Waals surface area contributed by atoms with E-state index in [1.165, 1.54) is 28.8 Å². The molecule has 224 valence electrons. The van der Waals surface area contributed by atoms with E-state index in [4.69, 9.17) is 0 Å². The molecule has 2 aromatic heterocycles. The third-order valence-corrected chi connectivity index (χ3v) is 9.61. The Morgan fingerprint density at radius 3 is 2.60 bits per heavy atom. The van der Waals surface area contributed by atoms with E-state index in [0.717, 1.165) is 44.2 Å². The van der Waals surface area contributed by atoms with Crippen LogP contribution in [0, 0.1) is 24.4 Å². The van der Waals surface area contributed by atoms with Crippen molar-refractivity contribution in [3.63, 3.8) is 0 Å². The molecule has 2 atom stereocenters. The van der Waals surface area contributed by atoms with Crippen LogP contribution < -0.4 is 10.9 Å². The molecule has 0 radical (unpaired) electrons. The van der Waals surface area contributed by atoms with E-state index < -0.39 is 23.5 Å². The molecule has 42 heavy (non-hydrogen) atoms. The SMILES string of the molecule is CN[C@@H]1CCN(C(=O)N2CCN(Cc3c(C)nc4ccc(F)cn4c3=O)C3(CCCC3)C2)[C@H](c2cc(F)ccc2F)C1. The fraction of sp³-hybridized carbons (Fsp3) is 0.516. The van der Waals surface area contributed by atoms with Gasteiger partial charge < -0.3 is 15.1 Å². The average Bonchev–Trinajstić information content (AvgIpc) is 3.45. The normalized spacial score (nSPS) is 22.8. The Morgan fingerprint density at radius 2 is 1.83 bits per heavy atom. The number of pyridine rings is 1. The highest BCUT2D eigenvalue weighted by Crippen LogP contribution is 2.40. The molecular weight excluding hydrogens is 545 g/mol. The van der Waals surface area contributed by atoms with Gasteiger partial charge in [-0.2, -0.15) is 0 Å². The second-order valence-electron chi connectivity index (χ2n) is 12.0. The summed E-state index contributed by atoms with van der Waals surface area (Å²) in [5, 5.41) is 3.24. The molecule has 2 amide bonds. The molecule has 3 aliphatic rings. The highest BCUT2D eigenvalue weighted by molar-refractivity contribution is 5.75. The number of nitrogens with zero attached hydrogens (tertiary/aromatic N) is 5. The van der Waals surface area contributed by atoms with Gasteiger partial charge in [-0.25, -0.2) is 22.9 Å². The molecule has 11 heteroatoms. The van der Waals surface area contributed by atoms with E-state index in [0.29, 0.717) is 56.0 Å². The molecule has 3 fully saturated rings. The summed E-state index contributed by atoms with van der Waals surface area (Å²) in [6.07, 6.45) is 6.19. The maximum absolute atomic E-state index is 14.9. The van der Waals surface area contributed by atoms with Crippen molar-refractivity contribution in [2.24, 2.45) is 0 Å². The van der Waals surface area contributed by atoms with E-state index in [-0.39, 0.29) is 28.7 Å². The average molecular weight is 583 g/mol. The first-order chi connectivity index (χ1) is 20.2. The summed E-state index contributed by atoms with van der Waals surface area (Å²) >= 11 is 0. The Bertz CT molecular complexity index is 1560. The maximum Gasteiger partial charge on any atom is 0.320 e. The number of hydrogen-bond donors (Lipinski definition) is 1. The molecular formula is C31H37F3N6O2. The van der Waals surface area contributed by atoms with Crippen LogP contribution in [-0.4, -0.2) is 74.9 Å². The van der Waals surface area contributed by atoms with Crippen LogP contribution in [0.3, 0.4) is 0 Å². The van der Waals surface area contributed by atoms with E-state index >= 15 is 0 Å². The van der Waals surface area contributed by atoms with Gasteiger partial charge in [0.2, 0.25) is 0 Å². The van der Waals surface area contributed by atoms with Crippen LogP contribution in [0.5, 0.6) is 0 Å². The van der Waals surface area contributed by atoms with E-state index in [1.807, 2.05) is 18.9 Å². The fourth-order valence-electron chi connectivity index (χ4n) is 7.27. The summed E-state index contributed by atoms with van der Waals surface area (Å²) in [5.41, 5.74) is 1.16. The number of hydrogen-bond acceptors (Lipinski definition) is 5. The molecule has 1 N–H and O–H groups in total. The van der Waals surface area contributed by atoms with Gasteiger partial charge in [-0.15, -0.1) is 0 Å². The third-order valence-electron chi connectivity index (χ3n) is 9.61. The van der Waals surface area contributed by atoms with Gasteiger partial charge in [-0.1, -0.05) is 12.8 Å². The number of amides is 2. The number of rotatable bonds is 4. The van der Waals surface area contributed by atoms with Crippen molar-refractivity contribution in [3.8, 4) is 0 Å². The van der Waals surface area contributed by atoms with Crippen molar-refractivity contribution >= 4 is 11.7 Å². The number of piperidine rings is 1. The zero-order valence-corrected chi connectivity index (χ0v) is 24.1. The lowest BCUT2D eigenvalue weighted by Crippen LogP contribution is -2.64. The zero-order chi connectivity index (χ0) is 29.6. The number of carbonyl (C=O) groups excluding carboxylic acids is 1. The molecule has 2 saturated heterocycles. The topological polar surface area (TPSA) is 73.2 Å². The number of benzene rings is 1. The van der Waals surface area contributed by atoms with Crippen LogP contribution in [0.1, 0.15) is 61.4 Å². The standard InChI is InChI=1S/C31H37F3N6O2/c1-20-25(29(41)40-17-22(33)6-8-28(40)36-20)18-38-14-13-37(19-31(38)10-3-4-11-31)30(42)39-12-9-23(35-2)16-27(39)24-15-21(32)5-7-26(24)34/h5-8,15,17,23,27,35H,3-4,9-14,16,18-19H2,1-2H3/t23-,27+/m1/s1. The Labute approximate surface area is 243 Å². The fourth-order valence-corrected chi connectivity index (χ4v) is 7.27. The van der Waals surface area contributed by atoms with E-state index in [1.54, 1.807) is 4.90 Å². The van der Waals surface area contributed by atoms with Gasteiger partial charge in [0.05, 0.1) is 11.6 Å². The van der Waals surface area contributed by atoms with Crippen molar-refractivity contribution in [2.45, 2.75) is 69.6 Å². The molecule has 2 aliphatic heterocycles. The first-order valence-electron chi connectivity index (χ1n) is 14.8. The quantitative estimate of drug-likeness (QED) is 0.494. The van der Waals surface area contributed by atoms with Gasteiger partial charge in [0.1, 0.15) is 23.1 Å². The molecule has 0 unspecified atom stereocenters. The van der Waals surface area contributed by atoms with Crippen LogP contribution in [0.15, 0.2) is 41.3 Å². The Hall–Kier alpha value is -3.44. The van der Waals surface area contributed by atoms with Crippen LogP contribution in [-0.2, 0) is 6.54 Å². The lowest BCUT2D eigenvalue weighted by molar-refractivity contribution is -0.00258. The predicted octanol–water partition coefficient (Wildman–Crippen LogP) is 4.40. The van der Waals surface area contributed by atoms with Crippen LogP contribution in [0.2, 0.25) is 0 Å². The van der Waals surface area contributed by atoms with Crippen molar-refractivity contribution < 1.29 is 18.0 Å². The molecule has 1 saturated carbocycles. The molecule has 1 aromatic carbocycles. The second kappa shape index (κ2) is 11.3. The van der Waals surface area contributed by atoms with Gasteiger partial charge >= 0.3 is 6.03 Å². The number of fused-ring (bicyclic) bond motifs is 1. The highest BCUT2D eigenvalue weighted by Gasteiger charge is 2.47. The van der Waals surface area contributed by atoms with Gasteiger partial charge in [0, 0.05) is 61.8 Å². The van der Waals surface area contributed by atoms with Gasteiger partial charge in [-0.3, -0.25) is 14.1 Å². The number of piperazine rings is 1. The van der Waals surface area contributed by atoms with Crippen LogP contribution in [0.25, 0.3) is 5.65 Å². The van der Waals surface area contributed by atoms with Crippen molar-refractivity contribution in [1.82, 2.24) is 29.4 Å². The predicted molar refractivity (Wildman–Crippen MR) is 153 cm³/mol. The summed E-state index contributed by atoms with van der Waals surface area (Å²) in [6, 6.07) is 5.57. The summed E-state index contributed by atoms with van der Waals surface area (Å²) in [7, 11) is 1.85. The molecule has 0 bridgehead atoms. The first-order valence-corrected chi connectivity index (χ1v) is 14.8. The van der Waals surface area contributed by atoms with Crippen LogP contribution >= 0.6 is 0 Å². The number of aromatic nitrogens is 2. The zero-order valence-electron chi connectivity index (χ0n) is 24.1. The second-order valence-corrected chi connectivity index (χ2v) is 12.0. The summed E-state index contributed by atoms with van der Waals surface area (Å²) < 4.78 is 44.4. The number of aryl methyl sites for hydroxylation is 1. The number of likely N-dealkylation sites (tertiary alicyclic amines) is 1. The minimum atomic E-state index is -0.580. The number of urea groups is 1. The van der Waals surface area contributed by atoms with Gasteiger partial charge in [0.15, 0.2) is 0 Å². The number of nitrogens with one attached hydrogen (secondary N) is 1. The largest absolute Gasteiger partial charge is 0.321 e. The van der Waals surface area contributed by atoms with E-state index in [2.05, 4.69) is 15.2 Å². The third kappa shape index (κ3) is 5.17. The summed E-state index contributed by atoms with van der Waals surface area (Å²) in [6.45, 7) is 4.11. The molecule has 3 aromatic rings. The number of halogens is 3.